The number of hydrogen-bond acceptors (Lipinski definition) is 3. The minimum absolute atomic E-state index is 0.618. The van der Waals surface area contributed by atoms with Gasteiger partial charge >= 0.3 is 0 Å². The molecule has 0 bridgehead atoms. The minimum atomic E-state index is 0.618. The monoisotopic (exact) mass is 262 g/mol. The van der Waals surface area contributed by atoms with E-state index < -0.39 is 0 Å². The molecule has 0 radical (unpaired) electrons. The molecule has 2 rings (SSSR count). The predicted molar refractivity (Wildman–Crippen MR) is 81.2 cm³/mol. The zero-order chi connectivity index (χ0) is 13.7. The summed E-state index contributed by atoms with van der Waals surface area (Å²) in [5.41, 5.74) is 2.55. The van der Waals surface area contributed by atoms with Crippen molar-refractivity contribution in [1.82, 2.24) is 5.32 Å². The molecular formula is C16H26N2O. The summed E-state index contributed by atoms with van der Waals surface area (Å²) in [5, 5.41) is 3.38. The number of aryl methyl sites for hydroxylation is 1. The Morgan fingerprint density at radius 3 is 2.68 bits per heavy atom. The van der Waals surface area contributed by atoms with Crippen molar-refractivity contribution >= 4 is 5.69 Å². The number of anilines is 1. The molecule has 1 unspecified atom stereocenters. The highest BCUT2D eigenvalue weighted by Crippen LogP contribution is 2.25. The number of nitrogens with one attached hydrogen (secondary N) is 1. The SMILES string of the molecule is CCC(C)COc1ccc(N2CCNCC2)cc1C. The number of rotatable bonds is 5. The molecule has 0 saturated carbocycles. The number of nitrogens with zero attached hydrogens (tertiary/aromatic N) is 1. The molecule has 0 spiro atoms. The van der Waals surface area contributed by atoms with Gasteiger partial charge in [0, 0.05) is 31.9 Å². The van der Waals surface area contributed by atoms with Gasteiger partial charge in [-0.1, -0.05) is 20.3 Å². The summed E-state index contributed by atoms with van der Waals surface area (Å²) in [7, 11) is 0. The Morgan fingerprint density at radius 2 is 2.05 bits per heavy atom. The summed E-state index contributed by atoms with van der Waals surface area (Å²) < 4.78 is 5.90. The molecule has 1 fully saturated rings. The molecule has 1 aliphatic heterocycles. The molecule has 1 atom stereocenters. The molecule has 1 saturated heterocycles. The highest BCUT2D eigenvalue weighted by molar-refractivity contribution is 5.53. The van der Waals surface area contributed by atoms with Crippen LogP contribution in [0.2, 0.25) is 0 Å². The van der Waals surface area contributed by atoms with E-state index in [-0.39, 0.29) is 0 Å². The number of benzene rings is 1. The van der Waals surface area contributed by atoms with Crippen molar-refractivity contribution in [3.63, 3.8) is 0 Å². The predicted octanol–water partition coefficient (Wildman–Crippen LogP) is 2.83. The summed E-state index contributed by atoms with van der Waals surface area (Å²) in [6.45, 7) is 11.7. The average molecular weight is 262 g/mol. The zero-order valence-electron chi connectivity index (χ0n) is 12.4. The standard InChI is InChI=1S/C16H26N2O/c1-4-13(2)12-19-16-6-5-15(11-14(16)3)18-9-7-17-8-10-18/h5-6,11,13,17H,4,7-10,12H2,1-3H3. The Bertz CT molecular complexity index is 400. The van der Waals surface area contributed by atoms with E-state index in [2.05, 4.69) is 49.2 Å². The van der Waals surface area contributed by atoms with Crippen LogP contribution in [0.5, 0.6) is 5.75 Å². The number of ether oxygens (including phenoxy) is 1. The van der Waals surface area contributed by atoms with Crippen molar-refractivity contribution in [3.05, 3.63) is 23.8 Å². The fourth-order valence-corrected chi connectivity index (χ4v) is 2.27. The fourth-order valence-electron chi connectivity index (χ4n) is 2.27. The van der Waals surface area contributed by atoms with Crippen LogP contribution in [-0.2, 0) is 0 Å². The molecule has 1 aromatic carbocycles. The van der Waals surface area contributed by atoms with E-state index in [9.17, 15) is 0 Å². The van der Waals surface area contributed by atoms with Gasteiger partial charge in [-0.05, 0) is 36.6 Å². The van der Waals surface area contributed by atoms with Crippen molar-refractivity contribution in [3.8, 4) is 5.75 Å². The first-order chi connectivity index (χ1) is 9.20. The second kappa shape index (κ2) is 6.80. The molecule has 0 aliphatic carbocycles. The highest BCUT2D eigenvalue weighted by atomic mass is 16.5. The lowest BCUT2D eigenvalue weighted by Crippen LogP contribution is -2.43. The van der Waals surface area contributed by atoms with Crippen molar-refractivity contribution in [2.45, 2.75) is 27.2 Å². The van der Waals surface area contributed by atoms with Crippen LogP contribution >= 0.6 is 0 Å². The molecule has 0 amide bonds. The van der Waals surface area contributed by atoms with Gasteiger partial charge in [0.2, 0.25) is 0 Å². The normalized spacial score (nSPS) is 17.3. The van der Waals surface area contributed by atoms with E-state index in [1.165, 1.54) is 11.3 Å². The smallest absolute Gasteiger partial charge is 0.122 e. The molecule has 0 aromatic heterocycles. The third-order valence-corrected chi connectivity index (χ3v) is 3.86. The summed E-state index contributed by atoms with van der Waals surface area (Å²) in [6.07, 6.45) is 1.16. The Kier molecular flexibility index (Phi) is 5.08. The fraction of sp³-hybridized carbons (Fsp3) is 0.625. The molecule has 3 heteroatoms. The quantitative estimate of drug-likeness (QED) is 0.883. The van der Waals surface area contributed by atoms with Crippen LogP contribution in [0, 0.1) is 12.8 Å². The first kappa shape index (κ1) is 14.2. The number of hydrogen-bond donors (Lipinski definition) is 1. The van der Waals surface area contributed by atoms with E-state index in [0.29, 0.717) is 5.92 Å². The van der Waals surface area contributed by atoms with Crippen LogP contribution in [0.4, 0.5) is 5.69 Å². The van der Waals surface area contributed by atoms with E-state index in [1.807, 2.05) is 0 Å². The van der Waals surface area contributed by atoms with Crippen molar-refractivity contribution < 1.29 is 4.74 Å². The summed E-state index contributed by atoms with van der Waals surface area (Å²) in [4.78, 5) is 2.43. The first-order valence-electron chi connectivity index (χ1n) is 7.39. The first-order valence-corrected chi connectivity index (χ1v) is 7.39. The van der Waals surface area contributed by atoms with Gasteiger partial charge in [0.25, 0.3) is 0 Å². The van der Waals surface area contributed by atoms with Crippen LogP contribution in [0.15, 0.2) is 18.2 Å². The van der Waals surface area contributed by atoms with Gasteiger partial charge < -0.3 is 15.0 Å². The maximum Gasteiger partial charge on any atom is 0.122 e. The van der Waals surface area contributed by atoms with E-state index in [1.54, 1.807) is 0 Å². The molecule has 3 nitrogen and oxygen atoms in total. The van der Waals surface area contributed by atoms with Crippen LogP contribution in [-0.4, -0.2) is 32.8 Å². The summed E-state index contributed by atoms with van der Waals surface area (Å²) in [5.74, 6) is 1.64. The summed E-state index contributed by atoms with van der Waals surface area (Å²) in [6, 6.07) is 6.55. The van der Waals surface area contributed by atoms with E-state index >= 15 is 0 Å². The Balaban J connectivity index is 1.99. The molecule has 106 valence electrons. The molecule has 1 aliphatic rings. The van der Waals surface area contributed by atoms with Gasteiger partial charge in [-0.2, -0.15) is 0 Å². The minimum Gasteiger partial charge on any atom is -0.493 e. The molecule has 1 N–H and O–H groups in total. The maximum absolute atomic E-state index is 5.90. The third-order valence-electron chi connectivity index (χ3n) is 3.86. The highest BCUT2D eigenvalue weighted by Gasteiger charge is 2.12. The van der Waals surface area contributed by atoms with Crippen LogP contribution in [0.1, 0.15) is 25.8 Å². The lowest BCUT2D eigenvalue weighted by molar-refractivity contribution is 0.255. The largest absolute Gasteiger partial charge is 0.493 e. The van der Waals surface area contributed by atoms with Gasteiger partial charge in [0.1, 0.15) is 5.75 Å². The van der Waals surface area contributed by atoms with Crippen molar-refractivity contribution in [1.29, 1.82) is 0 Å². The Morgan fingerprint density at radius 1 is 1.32 bits per heavy atom. The van der Waals surface area contributed by atoms with Gasteiger partial charge in [0.05, 0.1) is 6.61 Å². The third kappa shape index (κ3) is 3.87. The van der Waals surface area contributed by atoms with Crippen molar-refractivity contribution in [2.24, 2.45) is 5.92 Å². The molecular weight excluding hydrogens is 236 g/mol. The summed E-state index contributed by atoms with van der Waals surface area (Å²) >= 11 is 0. The Labute approximate surface area is 116 Å². The molecule has 19 heavy (non-hydrogen) atoms. The van der Waals surface area contributed by atoms with E-state index in [4.69, 9.17) is 4.74 Å². The van der Waals surface area contributed by atoms with Crippen molar-refractivity contribution in [2.75, 3.05) is 37.7 Å². The van der Waals surface area contributed by atoms with Crippen LogP contribution in [0.3, 0.4) is 0 Å². The van der Waals surface area contributed by atoms with Gasteiger partial charge in [-0.25, -0.2) is 0 Å². The Hall–Kier alpha value is -1.22. The van der Waals surface area contributed by atoms with Gasteiger partial charge in [-0.15, -0.1) is 0 Å². The topological polar surface area (TPSA) is 24.5 Å². The maximum atomic E-state index is 5.90. The lowest BCUT2D eigenvalue weighted by Gasteiger charge is -2.30. The van der Waals surface area contributed by atoms with Gasteiger partial charge in [-0.3, -0.25) is 0 Å². The number of piperazine rings is 1. The van der Waals surface area contributed by atoms with Gasteiger partial charge in [0.15, 0.2) is 0 Å². The second-order valence-electron chi connectivity index (χ2n) is 5.51. The average Bonchev–Trinajstić information content (AvgIpc) is 2.46. The van der Waals surface area contributed by atoms with Crippen LogP contribution < -0.4 is 15.0 Å². The molecule has 1 aromatic rings. The van der Waals surface area contributed by atoms with Crippen LogP contribution in [0.25, 0.3) is 0 Å². The lowest BCUT2D eigenvalue weighted by atomic mass is 10.1. The van der Waals surface area contributed by atoms with E-state index in [0.717, 1.165) is 45.0 Å². The zero-order valence-corrected chi connectivity index (χ0v) is 12.4. The molecule has 1 heterocycles. The second-order valence-corrected chi connectivity index (χ2v) is 5.51.